The zero-order valence-corrected chi connectivity index (χ0v) is 12.4. The van der Waals surface area contributed by atoms with Crippen LogP contribution in [-0.4, -0.2) is 11.0 Å². The van der Waals surface area contributed by atoms with Crippen LogP contribution in [0.1, 0.15) is 29.0 Å². The first-order valence-corrected chi connectivity index (χ1v) is 6.73. The van der Waals surface area contributed by atoms with Crippen molar-refractivity contribution in [3.63, 3.8) is 0 Å². The standard InChI is InChI=1S/C16H19N3.ClH/c1-11-2-4-12(5-3-11)9-18-16-7-6-13(10-19-16)14-8-15(14)17;/h2-7,10,14-15H,8-9,17H2,1H3,(H,18,19);1H/t14-,15+;/m0./s1. The van der Waals surface area contributed by atoms with Crippen LogP contribution in [0.25, 0.3) is 0 Å². The number of halogens is 1. The number of hydrogen-bond donors (Lipinski definition) is 2. The summed E-state index contributed by atoms with van der Waals surface area (Å²) in [5.41, 5.74) is 9.65. The summed E-state index contributed by atoms with van der Waals surface area (Å²) in [6.45, 7) is 2.90. The van der Waals surface area contributed by atoms with Crippen molar-refractivity contribution in [3.8, 4) is 0 Å². The quantitative estimate of drug-likeness (QED) is 0.908. The van der Waals surface area contributed by atoms with Gasteiger partial charge in [-0.05, 0) is 30.5 Å². The summed E-state index contributed by atoms with van der Waals surface area (Å²) in [4.78, 5) is 4.44. The summed E-state index contributed by atoms with van der Waals surface area (Å²) >= 11 is 0. The van der Waals surface area contributed by atoms with Crippen molar-refractivity contribution in [3.05, 3.63) is 59.3 Å². The molecule has 0 unspecified atom stereocenters. The Morgan fingerprint density at radius 1 is 1.20 bits per heavy atom. The summed E-state index contributed by atoms with van der Waals surface area (Å²) in [6, 6.07) is 13.0. The van der Waals surface area contributed by atoms with Gasteiger partial charge in [0.05, 0.1) is 0 Å². The highest BCUT2D eigenvalue weighted by Crippen LogP contribution is 2.38. The van der Waals surface area contributed by atoms with E-state index in [2.05, 4.69) is 47.6 Å². The molecule has 1 saturated carbocycles. The molecule has 0 spiro atoms. The highest BCUT2D eigenvalue weighted by atomic mass is 35.5. The smallest absolute Gasteiger partial charge is 0.126 e. The molecule has 0 radical (unpaired) electrons. The first kappa shape index (κ1) is 14.8. The van der Waals surface area contributed by atoms with Gasteiger partial charge in [-0.15, -0.1) is 12.4 Å². The van der Waals surface area contributed by atoms with Crippen molar-refractivity contribution < 1.29 is 0 Å². The number of nitrogens with one attached hydrogen (secondary N) is 1. The molecule has 20 heavy (non-hydrogen) atoms. The molecular formula is C16H20ClN3. The molecule has 0 amide bonds. The number of anilines is 1. The molecule has 0 aliphatic heterocycles. The topological polar surface area (TPSA) is 50.9 Å². The molecule has 106 valence electrons. The maximum atomic E-state index is 5.84. The largest absolute Gasteiger partial charge is 0.366 e. The van der Waals surface area contributed by atoms with Crippen molar-refractivity contribution in [2.24, 2.45) is 5.73 Å². The Kier molecular flexibility index (Phi) is 4.63. The Bertz CT molecular complexity index is 551. The first-order valence-electron chi connectivity index (χ1n) is 6.73. The zero-order chi connectivity index (χ0) is 13.2. The summed E-state index contributed by atoms with van der Waals surface area (Å²) in [5.74, 6) is 1.44. The van der Waals surface area contributed by atoms with Crippen LogP contribution >= 0.6 is 12.4 Å². The number of aromatic nitrogens is 1. The Morgan fingerprint density at radius 2 is 1.90 bits per heavy atom. The Hall–Kier alpha value is -1.58. The van der Waals surface area contributed by atoms with E-state index in [0.717, 1.165) is 18.8 Å². The molecule has 3 nitrogen and oxygen atoms in total. The maximum Gasteiger partial charge on any atom is 0.126 e. The van der Waals surface area contributed by atoms with Crippen LogP contribution in [0.2, 0.25) is 0 Å². The van der Waals surface area contributed by atoms with Gasteiger partial charge in [0.25, 0.3) is 0 Å². The normalized spacial score (nSPS) is 20.1. The highest BCUT2D eigenvalue weighted by molar-refractivity contribution is 5.85. The molecule has 1 aromatic carbocycles. The van der Waals surface area contributed by atoms with Gasteiger partial charge in [0.2, 0.25) is 0 Å². The number of pyridine rings is 1. The minimum Gasteiger partial charge on any atom is -0.366 e. The zero-order valence-electron chi connectivity index (χ0n) is 11.5. The third-order valence-electron chi connectivity index (χ3n) is 3.65. The number of hydrogen-bond acceptors (Lipinski definition) is 3. The SMILES string of the molecule is Cc1ccc(CNc2ccc([C@@H]3C[C@H]3N)cn2)cc1.Cl. The average molecular weight is 290 g/mol. The van der Waals surface area contributed by atoms with Crippen LogP contribution in [0.15, 0.2) is 42.6 Å². The van der Waals surface area contributed by atoms with Crippen molar-refractivity contribution in [2.75, 3.05) is 5.32 Å². The molecule has 0 saturated heterocycles. The minimum atomic E-state index is 0. The van der Waals surface area contributed by atoms with E-state index in [0.29, 0.717) is 12.0 Å². The second-order valence-electron chi connectivity index (χ2n) is 5.32. The monoisotopic (exact) mass is 289 g/mol. The number of nitrogens with zero attached hydrogens (tertiary/aromatic N) is 1. The summed E-state index contributed by atoms with van der Waals surface area (Å²) in [7, 11) is 0. The Morgan fingerprint density at radius 3 is 2.45 bits per heavy atom. The fourth-order valence-corrected chi connectivity index (χ4v) is 2.23. The predicted molar refractivity (Wildman–Crippen MR) is 85.3 cm³/mol. The van der Waals surface area contributed by atoms with E-state index in [4.69, 9.17) is 5.73 Å². The van der Waals surface area contributed by atoms with Crippen LogP contribution < -0.4 is 11.1 Å². The first-order chi connectivity index (χ1) is 9.22. The lowest BCUT2D eigenvalue weighted by molar-refractivity contribution is 0.978. The third-order valence-corrected chi connectivity index (χ3v) is 3.65. The van der Waals surface area contributed by atoms with E-state index < -0.39 is 0 Å². The van der Waals surface area contributed by atoms with Gasteiger partial charge >= 0.3 is 0 Å². The van der Waals surface area contributed by atoms with Gasteiger partial charge in [-0.25, -0.2) is 4.98 Å². The van der Waals surface area contributed by atoms with Gasteiger partial charge < -0.3 is 11.1 Å². The van der Waals surface area contributed by atoms with Gasteiger partial charge in [0.1, 0.15) is 5.82 Å². The molecule has 3 rings (SSSR count). The fraction of sp³-hybridized carbons (Fsp3) is 0.312. The van der Waals surface area contributed by atoms with E-state index in [9.17, 15) is 0 Å². The lowest BCUT2D eigenvalue weighted by Crippen LogP contribution is -2.03. The predicted octanol–water partition coefficient (Wildman–Crippen LogP) is 3.24. The molecule has 0 bridgehead atoms. The van der Waals surface area contributed by atoms with E-state index in [1.165, 1.54) is 16.7 Å². The molecular weight excluding hydrogens is 270 g/mol. The van der Waals surface area contributed by atoms with Crippen LogP contribution in [0.5, 0.6) is 0 Å². The van der Waals surface area contributed by atoms with E-state index >= 15 is 0 Å². The molecule has 3 N–H and O–H groups in total. The molecule has 4 heteroatoms. The van der Waals surface area contributed by atoms with E-state index in [-0.39, 0.29) is 12.4 Å². The highest BCUT2D eigenvalue weighted by Gasteiger charge is 2.34. The lowest BCUT2D eigenvalue weighted by Gasteiger charge is -2.07. The van der Waals surface area contributed by atoms with Gasteiger partial charge in [0, 0.05) is 24.7 Å². The summed E-state index contributed by atoms with van der Waals surface area (Å²) < 4.78 is 0. The Balaban J connectivity index is 0.00000147. The average Bonchev–Trinajstić information content (AvgIpc) is 3.16. The minimum absolute atomic E-state index is 0. The number of rotatable bonds is 4. The van der Waals surface area contributed by atoms with Gasteiger partial charge in [0.15, 0.2) is 0 Å². The van der Waals surface area contributed by atoms with Gasteiger partial charge in [-0.2, -0.15) is 0 Å². The molecule has 1 aliphatic carbocycles. The molecule has 2 atom stereocenters. The third kappa shape index (κ3) is 3.50. The van der Waals surface area contributed by atoms with Crippen molar-refractivity contribution in [2.45, 2.75) is 31.8 Å². The number of nitrogens with two attached hydrogens (primary N) is 1. The Labute approximate surface area is 126 Å². The lowest BCUT2D eigenvalue weighted by atomic mass is 10.1. The molecule has 1 heterocycles. The summed E-state index contributed by atoms with van der Waals surface area (Å²) in [6.07, 6.45) is 3.03. The van der Waals surface area contributed by atoms with Crippen LogP contribution in [0.4, 0.5) is 5.82 Å². The number of benzene rings is 1. The van der Waals surface area contributed by atoms with Gasteiger partial charge in [-0.3, -0.25) is 0 Å². The van der Waals surface area contributed by atoms with Gasteiger partial charge in [-0.1, -0.05) is 35.9 Å². The molecule has 2 aromatic rings. The number of aryl methyl sites for hydroxylation is 1. The molecule has 1 aliphatic rings. The second-order valence-corrected chi connectivity index (χ2v) is 5.32. The molecule has 1 aromatic heterocycles. The second kappa shape index (κ2) is 6.25. The van der Waals surface area contributed by atoms with Crippen LogP contribution in [-0.2, 0) is 6.54 Å². The summed E-state index contributed by atoms with van der Waals surface area (Å²) in [5, 5.41) is 3.34. The maximum absolute atomic E-state index is 5.84. The van der Waals surface area contributed by atoms with Crippen LogP contribution in [0, 0.1) is 6.92 Å². The van der Waals surface area contributed by atoms with Crippen molar-refractivity contribution >= 4 is 18.2 Å². The fourth-order valence-electron chi connectivity index (χ4n) is 2.23. The van der Waals surface area contributed by atoms with E-state index in [1.54, 1.807) is 0 Å². The van der Waals surface area contributed by atoms with Crippen molar-refractivity contribution in [1.82, 2.24) is 4.98 Å². The van der Waals surface area contributed by atoms with E-state index in [1.807, 2.05) is 12.3 Å². The van der Waals surface area contributed by atoms with Crippen LogP contribution in [0.3, 0.4) is 0 Å². The molecule has 1 fully saturated rings. The van der Waals surface area contributed by atoms with Crippen molar-refractivity contribution in [1.29, 1.82) is 0 Å².